The fraction of sp³-hybridized carbons (Fsp3) is 0.125. The largest absolute Gasteiger partial charge is 0.496 e. The van der Waals surface area contributed by atoms with Crippen LogP contribution in [0, 0.1) is 6.07 Å². The van der Waals surface area contributed by atoms with Gasteiger partial charge >= 0.3 is 0 Å². The highest BCUT2D eigenvalue weighted by molar-refractivity contribution is 6.30. The van der Waals surface area contributed by atoms with Gasteiger partial charge in [0, 0.05) is 11.1 Å². The van der Waals surface area contributed by atoms with Crippen LogP contribution in [0.2, 0.25) is 0 Å². The van der Waals surface area contributed by atoms with E-state index in [1.807, 2.05) is 0 Å². The highest BCUT2D eigenvalue weighted by atomic mass is 16.5. The topological polar surface area (TPSA) is 52.6 Å². The van der Waals surface area contributed by atoms with E-state index in [-0.39, 0.29) is 22.7 Å². The Morgan fingerprint density at radius 2 is 1.40 bits per heavy atom. The molecule has 0 unspecified atom stereocenters. The molecule has 0 aromatic heterocycles. The van der Waals surface area contributed by atoms with Gasteiger partial charge in [-0.3, -0.25) is 9.59 Å². The molecule has 0 atom stereocenters. The summed E-state index contributed by atoms with van der Waals surface area (Å²) in [4.78, 5) is 25.2. The zero-order valence-electron chi connectivity index (χ0n) is 11.0. The number of carbonyl (C=O) groups excluding carboxylic acids is 2. The molecule has 1 aliphatic rings. The minimum atomic E-state index is -0.248. The minimum Gasteiger partial charge on any atom is -0.496 e. The standard InChI is InChI=1S/C16H11O4/c1-19-11-7-8-12(20-2)14-13(11)15(17)9-5-3-4-6-10(9)16(14)18/h3,5-8H,1-2H3. The Kier molecular flexibility index (Phi) is 2.79. The van der Waals surface area contributed by atoms with Gasteiger partial charge in [-0.1, -0.05) is 6.07 Å². The van der Waals surface area contributed by atoms with Crippen molar-refractivity contribution in [3.05, 3.63) is 58.7 Å². The van der Waals surface area contributed by atoms with E-state index in [9.17, 15) is 9.59 Å². The number of fused-ring (bicyclic) bond motifs is 2. The molecule has 0 saturated carbocycles. The molecule has 4 heteroatoms. The molecule has 99 valence electrons. The summed E-state index contributed by atoms with van der Waals surface area (Å²) in [5.74, 6) is 0.257. The molecule has 0 amide bonds. The fourth-order valence-corrected chi connectivity index (χ4v) is 2.44. The van der Waals surface area contributed by atoms with Gasteiger partial charge in [0.25, 0.3) is 0 Å². The maximum atomic E-state index is 12.6. The Morgan fingerprint density at radius 3 is 1.95 bits per heavy atom. The lowest BCUT2D eigenvalue weighted by Gasteiger charge is -2.21. The number of carbonyl (C=O) groups is 2. The maximum Gasteiger partial charge on any atom is 0.198 e. The van der Waals surface area contributed by atoms with Crippen LogP contribution in [0.3, 0.4) is 0 Å². The van der Waals surface area contributed by atoms with Crippen molar-refractivity contribution in [3.63, 3.8) is 0 Å². The Labute approximate surface area is 115 Å². The molecule has 0 bridgehead atoms. The molecule has 4 nitrogen and oxygen atoms in total. The predicted octanol–water partition coefficient (Wildman–Crippen LogP) is 2.28. The van der Waals surface area contributed by atoms with Crippen LogP contribution in [0.5, 0.6) is 11.5 Å². The lowest BCUT2D eigenvalue weighted by Crippen LogP contribution is -2.22. The van der Waals surface area contributed by atoms with E-state index in [4.69, 9.17) is 9.47 Å². The summed E-state index contributed by atoms with van der Waals surface area (Å²) in [6.45, 7) is 0. The molecule has 0 N–H and O–H groups in total. The second-order valence-electron chi connectivity index (χ2n) is 4.35. The number of hydrogen-bond acceptors (Lipinski definition) is 4. The van der Waals surface area contributed by atoms with E-state index in [1.165, 1.54) is 20.3 Å². The number of methoxy groups -OCH3 is 2. The van der Waals surface area contributed by atoms with Gasteiger partial charge in [0.15, 0.2) is 11.6 Å². The van der Waals surface area contributed by atoms with E-state index >= 15 is 0 Å². The average Bonchev–Trinajstić information content (AvgIpc) is 2.51. The van der Waals surface area contributed by atoms with Crippen molar-refractivity contribution in [3.8, 4) is 11.5 Å². The van der Waals surface area contributed by atoms with Crippen LogP contribution in [0.25, 0.3) is 0 Å². The molecule has 0 saturated heterocycles. The summed E-state index contributed by atoms with van der Waals surface area (Å²) in [6.07, 6.45) is 0. The Morgan fingerprint density at radius 1 is 0.850 bits per heavy atom. The summed E-state index contributed by atoms with van der Waals surface area (Å²) in [5, 5.41) is 0. The van der Waals surface area contributed by atoms with Crippen molar-refractivity contribution >= 4 is 11.6 Å². The van der Waals surface area contributed by atoms with Crippen LogP contribution in [0.4, 0.5) is 0 Å². The van der Waals surface area contributed by atoms with E-state index in [0.29, 0.717) is 22.6 Å². The normalized spacial score (nSPS) is 12.7. The molecule has 1 aliphatic carbocycles. The number of ketones is 2. The first-order chi connectivity index (χ1) is 9.69. The van der Waals surface area contributed by atoms with Gasteiger partial charge in [-0.25, -0.2) is 0 Å². The molecule has 0 fully saturated rings. The van der Waals surface area contributed by atoms with E-state index in [0.717, 1.165) is 0 Å². The summed E-state index contributed by atoms with van der Waals surface area (Å²) < 4.78 is 10.4. The third kappa shape index (κ3) is 1.54. The van der Waals surface area contributed by atoms with E-state index in [1.54, 1.807) is 24.3 Å². The first-order valence-corrected chi connectivity index (χ1v) is 6.03. The zero-order chi connectivity index (χ0) is 14.3. The molecule has 20 heavy (non-hydrogen) atoms. The van der Waals surface area contributed by atoms with Crippen molar-refractivity contribution in [2.45, 2.75) is 0 Å². The van der Waals surface area contributed by atoms with Crippen LogP contribution in [-0.4, -0.2) is 25.8 Å². The minimum absolute atomic E-state index is 0.237. The summed E-state index contributed by atoms with van der Waals surface area (Å²) in [7, 11) is 2.93. The number of hydrogen-bond donors (Lipinski definition) is 0. The highest BCUT2D eigenvalue weighted by Crippen LogP contribution is 2.38. The highest BCUT2D eigenvalue weighted by Gasteiger charge is 2.34. The number of ether oxygens (including phenoxy) is 2. The van der Waals surface area contributed by atoms with Gasteiger partial charge in [-0.15, -0.1) is 0 Å². The molecular formula is C16H11O4. The summed E-state index contributed by atoms with van der Waals surface area (Å²) >= 11 is 0. The van der Waals surface area contributed by atoms with Gasteiger partial charge in [0.2, 0.25) is 0 Å². The molecule has 0 spiro atoms. The third-order valence-corrected chi connectivity index (χ3v) is 3.38. The lowest BCUT2D eigenvalue weighted by molar-refractivity contribution is 0.0974. The maximum absolute atomic E-state index is 12.6. The van der Waals surface area contributed by atoms with Crippen LogP contribution in [-0.2, 0) is 0 Å². The van der Waals surface area contributed by atoms with Gasteiger partial charge < -0.3 is 9.47 Å². The Balaban J connectivity index is 2.37. The fourth-order valence-electron chi connectivity index (χ4n) is 2.44. The third-order valence-electron chi connectivity index (χ3n) is 3.38. The molecule has 0 aliphatic heterocycles. The Bertz CT molecular complexity index is 669. The van der Waals surface area contributed by atoms with Gasteiger partial charge in [0.05, 0.1) is 25.3 Å². The van der Waals surface area contributed by atoms with Crippen LogP contribution in [0.1, 0.15) is 31.8 Å². The molecule has 1 radical (unpaired) electrons. The average molecular weight is 267 g/mol. The van der Waals surface area contributed by atoms with Crippen LogP contribution < -0.4 is 9.47 Å². The van der Waals surface area contributed by atoms with E-state index < -0.39 is 0 Å². The van der Waals surface area contributed by atoms with Crippen LogP contribution >= 0.6 is 0 Å². The first kappa shape index (κ1) is 12.4. The zero-order valence-corrected chi connectivity index (χ0v) is 11.0. The van der Waals surface area contributed by atoms with Crippen molar-refractivity contribution in [1.29, 1.82) is 0 Å². The lowest BCUT2D eigenvalue weighted by atomic mass is 9.83. The van der Waals surface area contributed by atoms with Crippen molar-refractivity contribution in [1.82, 2.24) is 0 Å². The van der Waals surface area contributed by atoms with Crippen molar-refractivity contribution in [2.75, 3.05) is 14.2 Å². The summed E-state index contributed by atoms with van der Waals surface area (Å²) in [5.41, 5.74) is 1.23. The quantitative estimate of drug-likeness (QED) is 0.714. The van der Waals surface area contributed by atoms with Gasteiger partial charge in [-0.2, -0.15) is 0 Å². The first-order valence-electron chi connectivity index (χ1n) is 6.03. The number of benzene rings is 2. The second kappa shape index (κ2) is 4.49. The Hall–Kier alpha value is -2.62. The predicted molar refractivity (Wildman–Crippen MR) is 71.7 cm³/mol. The van der Waals surface area contributed by atoms with Gasteiger partial charge in [0.1, 0.15) is 11.5 Å². The second-order valence-corrected chi connectivity index (χ2v) is 4.35. The van der Waals surface area contributed by atoms with Gasteiger partial charge in [-0.05, 0) is 30.3 Å². The summed E-state index contributed by atoms with van der Waals surface area (Å²) in [6, 6.07) is 10.8. The van der Waals surface area contributed by atoms with Crippen molar-refractivity contribution < 1.29 is 19.1 Å². The molecule has 0 heterocycles. The number of rotatable bonds is 2. The SMILES string of the molecule is COc1ccc(OC)c2c1C(=O)c1c[c]ccc1C2=O. The van der Waals surface area contributed by atoms with Crippen LogP contribution in [0.15, 0.2) is 30.3 Å². The van der Waals surface area contributed by atoms with E-state index in [2.05, 4.69) is 6.07 Å². The molecular weight excluding hydrogens is 256 g/mol. The molecule has 2 aromatic rings. The monoisotopic (exact) mass is 267 g/mol. The smallest absolute Gasteiger partial charge is 0.198 e. The molecule has 2 aromatic carbocycles. The van der Waals surface area contributed by atoms with Crippen molar-refractivity contribution in [2.24, 2.45) is 0 Å². The molecule has 3 rings (SSSR count).